The molecule has 5 rings (SSSR count). The molecule has 2 nitrogen and oxygen atoms in total. The van der Waals surface area contributed by atoms with Crippen LogP contribution in [-0.2, 0) is 0 Å². The average molecular weight is 465 g/mol. The number of aliphatic hydroxyl groups excluding tert-OH is 2. The summed E-state index contributed by atoms with van der Waals surface area (Å²) in [5, 5.41) is 21.4. The Bertz CT molecular complexity index is 981. The first-order chi connectivity index (χ1) is 15.7. The number of fused-ring (bicyclic) bond motifs is 6. The molecule has 3 fully saturated rings. The third-order valence-electron chi connectivity index (χ3n) is 12.9. The summed E-state index contributed by atoms with van der Waals surface area (Å²) in [6, 6.07) is 0. The summed E-state index contributed by atoms with van der Waals surface area (Å²) in [7, 11) is 0. The topological polar surface area (TPSA) is 40.5 Å². The molecule has 0 bridgehead atoms. The van der Waals surface area contributed by atoms with E-state index in [2.05, 4.69) is 66.5 Å². The highest BCUT2D eigenvalue weighted by Gasteiger charge is 2.67. The Kier molecular flexibility index (Phi) is 5.26. The Morgan fingerprint density at radius 1 is 1.00 bits per heavy atom. The van der Waals surface area contributed by atoms with E-state index in [9.17, 15) is 10.2 Å². The van der Waals surface area contributed by atoms with Gasteiger partial charge in [0.2, 0.25) is 0 Å². The van der Waals surface area contributed by atoms with Crippen LogP contribution in [0.15, 0.2) is 23.3 Å². The van der Waals surface area contributed by atoms with Crippen molar-refractivity contribution in [2.24, 2.45) is 50.2 Å². The highest BCUT2D eigenvalue weighted by atomic mass is 16.3. The van der Waals surface area contributed by atoms with Crippen LogP contribution in [0.25, 0.3) is 0 Å². The highest BCUT2D eigenvalue weighted by molar-refractivity contribution is 5.45. The van der Waals surface area contributed by atoms with Crippen LogP contribution in [0, 0.1) is 62.6 Å². The standard InChI is InChI=1S/C32H48O2/c1-9-21-18-30(6)24(27(2,3)26(21)34)12-13-32(8)25(30)11-10-22-23-19-28(4,20-33)14-15-29(23,5)16-17-31(22,32)7/h1,10-11,21,24-26,33-34H,12-20H2,2-8H3/t21-,24-,25-,26-,28-,29+,30-,31+,32+/m0/s1. The first-order valence-corrected chi connectivity index (χ1v) is 13.9. The fourth-order valence-electron chi connectivity index (χ4n) is 10.2. The van der Waals surface area contributed by atoms with Gasteiger partial charge < -0.3 is 10.2 Å². The lowest BCUT2D eigenvalue weighted by atomic mass is 9.34. The Morgan fingerprint density at radius 3 is 2.32 bits per heavy atom. The van der Waals surface area contributed by atoms with Crippen molar-refractivity contribution in [2.45, 2.75) is 106 Å². The maximum atomic E-state index is 11.2. The third-order valence-corrected chi connectivity index (χ3v) is 12.9. The molecule has 5 aliphatic carbocycles. The zero-order valence-electron chi connectivity index (χ0n) is 22.8. The number of hydrogen-bond donors (Lipinski definition) is 2. The molecule has 0 heterocycles. The van der Waals surface area contributed by atoms with Crippen molar-refractivity contribution in [1.82, 2.24) is 0 Å². The number of terminal acetylenes is 1. The molecule has 0 unspecified atom stereocenters. The number of aliphatic hydroxyl groups is 2. The number of allylic oxidation sites excluding steroid dienone is 4. The van der Waals surface area contributed by atoms with E-state index in [1.807, 2.05) is 0 Å². The molecule has 0 amide bonds. The predicted molar refractivity (Wildman–Crippen MR) is 140 cm³/mol. The third kappa shape index (κ3) is 2.90. The maximum absolute atomic E-state index is 11.2. The van der Waals surface area contributed by atoms with Crippen molar-refractivity contribution < 1.29 is 10.2 Å². The van der Waals surface area contributed by atoms with Crippen molar-refractivity contribution >= 4 is 0 Å². The first kappa shape index (κ1) is 24.6. The van der Waals surface area contributed by atoms with Crippen molar-refractivity contribution in [2.75, 3.05) is 6.61 Å². The minimum Gasteiger partial charge on any atom is -0.396 e. The van der Waals surface area contributed by atoms with E-state index in [0.29, 0.717) is 11.8 Å². The summed E-state index contributed by atoms with van der Waals surface area (Å²) in [6.45, 7) is 17.2. The average Bonchev–Trinajstić information content (AvgIpc) is 2.78. The van der Waals surface area contributed by atoms with Crippen LogP contribution in [0.4, 0.5) is 0 Å². The minimum absolute atomic E-state index is 0.0128. The van der Waals surface area contributed by atoms with Gasteiger partial charge >= 0.3 is 0 Å². The molecular weight excluding hydrogens is 416 g/mol. The lowest BCUT2D eigenvalue weighted by Crippen LogP contribution is -2.64. The largest absolute Gasteiger partial charge is 0.396 e. The van der Waals surface area contributed by atoms with Gasteiger partial charge in [-0.25, -0.2) is 0 Å². The Labute approximate surface area is 208 Å². The monoisotopic (exact) mass is 464 g/mol. The molecule has 188 valence electrons. The van der Waals surface area contributed by atoms with Crippen LogP contribution in [-0.4, -0.2) is 22.9 Å². The van der Waals surface area contributed by atoms with Crippen molar-refractivity contribution in [3.05, 3.63) is 23.3 Å². The van der Waals surface area contributed by atoms with E-state index in [4.69, 9.17) is 6.42 Å². The normalized spacial score (nSPS) is 53.8. The summed E-state index contributed by atoms with van der Waals surface area (Å²) in [6.07, 6.45) is 19.9. The van der Waals surface area contributed by atoms with Gasteiger partial charge in [0.05, 0.1) is 6.10 Å². The van der Waals surface area contributed by atoms with Gasteiger partial charge in [-0.05, 0) is 101 Å². The lowest BCUT2D eigenvalue weighted by Gasteiger charge is -2.70. The smallest absolute Gasteiger partial charge is 0.0731 e. The molecule has 0 aliphatic heterocycles. The zero-order chi connectivity index (χ0) is 24.9. The van der Waals surface area contributed by atoms with E-state index in [-0.39, 0.29) is 45.0 Å². The van der Waals surface area contributed by atoms with Crippen molar-refractivity contribution in [1.29, 1.82) is 0 Å². The van der Waals surface area contributed by atoms with Crippen molar-refractivity contribution in [3.63, 3.8) is 0 Å². The van der Waals surface area contributed by atoms with Crippen LogP contribution < -0.4 is 0 Å². The second-order valence-corrected chi connectivity index (χ2v) is 15.0. The van der Waals surface area contributed by atoms with E-state index in [1.165, 1.54) is 32.1 Å². The number of hydrogen-bond acceptors (Lipinski definition) is 2. The fourth-order valence-corrected chi connectivity index (χ4v) is 10.2. The molecule has 0 aromatic rings. The van der Waals surface area contributed by atoms with E-state index >= 15 is 0 Å². The molecule has 0 saturated heterocycles. The second-order valence-electron chi connectivity index (χ2n) is 15.0. The SMILES string of the molecule is C#C[C@H]1C[C@@]2(C)[C@@H](CC[C@]3(C)[C@H]2C=CC2=C4C[C@@](C)(CO)CC[C@]4(C)CC[C@]23C)C(C)(C)[C@H]1O. The van der Waals surface area contributed by atoms with Crippen LogP contribution in [0.2, 0.25) is 0 Å². The Balaban J connectivity index is 1.65. The predicted octanol–water partition coefficient (Wildman–Crippen LogP) is 6.92. The number of rotatable bonds is 1. The summed E-state index contributed by atoms with van der Waals surface area (Å²) in [5.74, 6) is 3.86. The maximum Gasteiger partial charge on any atom is 0.0731 e. The summed E-state index contributed by atoms with van der Waals surface area (Å²) in [4.78, 5) is 0. The van der Waals surface area contributed by atoms with Crippen LogP contribution in [0.1, 0.15) is 99.8 Å². The van der Waals surface area contributed by atoms with Crippen LogP contribution in [0.3, 0.4) is 0 Å². The van der Waals surface area contributed by atoms with E-state index < -0.39 is 6.10 Å². The molecule has 0 aromatic carbocycles. The van der Waals surface area contributed by atoms with Gasteiger partial charge in [-0.1, -0.05) is 66.2 Å². The molecule has 0 spiro atoms. The molecule has 2 N–H and O–H groups in total. The van der Waals surface area contributed by atoms with Gasteiger partial charge in [-0.2, -0.15) is 0 Å². The lowest BCUT2D eigenvalue weighted by molar-refractivity contribution is -0.193. The molecule has 5 aliphatic rings. The minimum atomic E-state index is -0.422. The first-order valence-electron chi connectivity index (χ1n) is 13.9. The molecule has 34 heavy (non-hydrogen) atoms. The Morgan fingerprint density at radius 2 is 1.68 bits per heavy atom. The highest BCUT2D eigenvalue weighted by Crippen LogP contribution is 2.74. The van der Waals surface area contributed by atoms with Gasteiger partial charge in [-0.3, -0.25) is 0 Å². The van der Waals surface area contributed by atoms with Gasteiger partial charge in [-0.15, -0.1) is 12.3 Å². The van der Waals surface area contributed by atoms with Crippen LogP contribution >= 0.6 is 0 Å². The van der Waals surface area contributed by atoms with Crippen molar-refractivity contribution in [3.8, 4) is 12.3 Å². The van der Waals surface area contributed by atoms with Gasteiger partial charge in [0.25, 0.3) is 0 Å². The second kappa shape index (κ2) is 7.26. The van der Waals surface area contributed by atoms with E-state index in [0.717, 1.165) is 19.3 Å². The Hall–Kier alpha value is -1.04. The molecule has 9 atom stereocenters. The van der Waals surface area contributed by atoms with Crippen LogP contribution in [0.5, 0.6) is 0 Å². The van der Waals surface area contributed by atoms with Gasteiger partial charge in [0.15, 0.2) is 0 Å². The molecular formula is C32H48O2. The molecule has 3 saturated carbocycles. The van der Waals surface area contributed by atoms with Gasteiger partial charge in [0, 0.05) is 12.5 Å². The summed E-state index contributed by atoms with van der Waals surface area (Å²) < 4.78 is 0. The fraction of sp³-hybridized carbons (Fsp3) is 0.812. The molecule has 0 aromatic heterocycles. The quantitative estimate of drug-likeness (QED) is 0.413. The van der Waals surface area contributed by atoms with Gasteiger partial charge in [0.1, 0.15) is 0 Å². The summed E-state index contributed by atoms with van der Waals surface area (Å²) in [5.41, 5.74) is 3.79. The molecule has 2 heteroatoms. The van der Waals surface area contributed by atoms with E-state index in [1.54, 1.807) is 11.1 Å². The summed E-state index contributed by atoms with van der Waals surface area (Å²) >= 11 is 0. The molecule has 0 radical (unpaired) electrons. The zero-order valence-corrected chi connectivity index (χ0v) is 22.8.